The van der Waals surface area contributed by atoms with Crippen molar-refractivity contribution in [3.8, 4) is 0 Å². The van der Waals surface area contributed by atoms with Crippen LogP contribution < -0.4 is 10.2 Å². The van der Waals surface area contributed by atoms with Crippen LogP contribution in [0.4, 0.5) is 15.8 Å². The Labute approximate surface area is 154 Å². The first-order valence-corrected chi connectivity index (χ1v) is 8.98. The Morgan fingerprint density at radius 2 is 2.04 bits per heavy atom. The molecule has 2 aromatic carbocycles. The van der Waals surface area contributed by atoms with Gasteiger partial charge in [-0.2, -0.15) is 0 Å². The summed E-state index contributed by atoms with van der Waals surface area (Å²) in [5, 5.41) is 2.90. The third kappa shape index (κ3) is 4.61. The van der Waals surface area contributed by atoms with Gasteiger partial charge in [0.2, 0.25) is 5.91 Å². The average Bonchev–Trinajstić information content (AvgIpc) is 3.12. The van der Waals surface area contributed by atoms with Gasteiger partial charge in [0.15, 0.2) is 0 Å². The second kappa shape index (κ2) is 8.32. The fourth-order valence-electron chi connectivity index (χ4n) is 3.18. The normalized spacial score (nSPS) is 16.7. The van der Waals surface area contributed by atoms with Gasteiger partial charge in [0.1, 0.15) is 5.82 Å². The van der Waals surface area contributed by atoms with Crippen LogP contribution in [0, 0.1) is 12.7 Å². The molecule has 0 radical (unpaired) electrons. The third-order valence-electron chi connectivity index (χ3n) is 4.87. The van der Waals surface area contributed by atoms with Gasteiger partial charge in [0.25, 0.3) is 0 Å². The van der Waals surface area contributed by atoms with Crippen molar-refractivity contribution in [2.75, 3.05) is 30.4 Å². The van der Waals surface area contributed by atoms with E-state index in [2.05, 4.69) is 10.2 Å². The number of methoxy groups -OCH3 is 1. The minimum Gasteiger partial charge on any atom is -0.380 e. The van der Waals surface area contributed by atoms with E-state index in [9.17, 15) is 9.18 Å². The smallest absolute Gasteiger partial charge is 0.224 e. The Hall–Kier alpha value is -2.40. The Morgan fingerprint density at radius 1 is 1.27 bits per heavy atom. The zero-order chi connectivity index (χ0) is 18.5. The lowest BCUT2D eigenvalue weighted by atomic mass is 10.1. The first kappa shape index (κ1) is 18.4. The molecule has 3 rings (SSSR count). The monoisotopic (exact) mass is 356 g/mol. The van der Waals surface area contributed by atoms with Crippen LogP contribution in [0.3, 0.4) is 0 Å². The molecule has 0 spiro atoms. The van der Waals surface area contributed by atoms with Gasteiger partial charge in [0.05, 0.1) is 6.10 Å². The van der Waals surface area contributed by atoms with Crippen LogP contribution >= 0.6 is 0 Å². The number of hydrogen-bond acceptors (Lipinski definition) is 3. The number of halogens is 1. The van der Waals surface area contributed by atoms with E-state index in [4.69, 9.17) is 4.74 Å². The summed E-state index contributed by atoms with van der Waals surface area (Å²) in [5.41, 5.74) is 3.36. The van der Waals surface area contributed by atoms with Crippen LogP contribution in [0.1, 0.15) is 24.0 Å². The van der Waals surface area contributed by atoms with Gasteiger partial charge in [-0.1, -0.05) is 12.1 Å². The Kier molecular flexibility index (Phi) is 5.89. The molecule has 1 atom stereocenters. The molecule has 1 aliphatic heterocycles. The summed E-state index contributed by atoms with van der Waals surface area (Å²) in [6, 6.07) is 13.0. The molecule has 2 aromatic rings. The van der Waals surface area contributed by atoms with Crippen LogP contribution in [0.15, 0.2) is 42.5 Å². The molecule has 1 fully saturated rings. The zero-order valence-corrected chi connectivity index (χ0v) is 15.3. The van der Waals surface area contributed by atoms with Gasteiger partial charge < -0.3 is 15.0 Å². The first-order chi connectivity index (χ1) is 12.5. The lowest BCUT2D eigenvalue weighted by Gasteiger charge is -2.18. The van der Waals surface area contributed by atoms with Gasteiger partial charge in [-0.25, -0.2) is 4.39 Å². The highest BCUT2D eigenvalue weighted by molar-refractivity contribution is 5.91. The van der Waals surface area contributed by atoms with Crippen molar-refractivity contribution < 1.29 is 13.9 Å². The fraction of sp³-hybridized carbons (Fsp3) is 0.381. The Balaban J connectivity index is 1.50. The number of nitrogens with one attached hydrogen (secondary N) is 1. The molecule has 1 heterocycles. The number of hydrogen-bond donors (Lipinski definition) is 1. The summed E-state index contributed by atoms with van der Waals surface area (Å²) < 4.78 is 18.9. The SMILES string of the molecule is CO[C@H]1CCN(c2ccc(NC(=O)CCc3ccc(C)c(F)c3)cc2)C1. The van der Waals surface area contributed by atoms with Gasteiger partial charge in [-0.15, -0.1) is 0 Å². The van der Waals surface area contributed by atoms with Crippen LogP contribution in [-0.4, -0.2) is 32.2 Å². The first-order valence-electron chi connectivity index (χ1n) is 8.98. The summed E-state index contributed by atoms with van der Waals surface area (Å²) in [6.07, 6.45) is 2.18. The molecule has 5 heteroatoms. The van der Waals surface area contributed by atoms with Crippen molar-refractivity contribution >= 4 is 17.3 Å². The van der Waals surface area contributed by atoms with Crippen LogP contribution in [0.2, 0.25) is 0 Å². The van der Waals surface area contributed by atoms with Crippen molar-refractivity contribution in [1.82, 2.24) is 0 Å². The highest BCUT2D eigenvalue weighted by atomic mass is 19.1. The Bertz CT molecular complexity index is 761. The minimum atomic E-state index is -0.226. The van der Waals surface area contributed by atoms with Gasteiger partial charge in [-0.05, 0) is 61.2 Å². The predicted molar refractivity (Wildman–Crippen MR) is 102 cm³/mol. The van der Waals surface area contributed by atoms with Crippen LogP contribution in [0.5, 0.6) is 0 Å². The molecule has 0 saturated carbocycles. The van der Waals surface area contributed by atoms with E-state index in [0.29, 0.717) is 24.5 Å². The maximum absolute atomic E-state index is 13.6. The highest BCUT2D eigenvalue weighted by Gasteiger charge is 2.22. The van der Waals surface area contributed by atoms with Crippen molar-refractivity contribution in [1.29, 1.82) is 0 Å². The Morgan fingerprint density at radius 3 is 2.69 bits per heavy atom. The molecule has 1 saturated heterocycles. The number of amides is 1. The molecule has 1 aliphatic rings. The van der Waals surface area contributed by atoms with Crippen LogP contribution in [0.25, 0.3) is 0 Å². The number of anilines is 2. The number of benzene rings is 2. The van der Waals surface area contributed by atoms with Crippen molar-refractivity contribution in [2.24, 2.45) is 0 Å². The summed E-state index contributed by atoms with van der Waals surface area (Å²) in [4.78, 5) is 14.4. The number of rotatable bonds is 6. The second-order valence-corrected chi connectivity index (χ2v) is 6.77. The lowest BCUT2D eigenvalue weighted by molar-refractivity contribution is -0.116. The summed E-state index contributed by atoms with van der Waals surface area (Å²) >= 11 is 0. The quantitative estimate of drug-likeness (QED) is 0.853. The van der Waals surface area contributed by atoms with Gasteiger partial charge in [0, 0.05) is 38.0 Å². The van der Waals surface area contributed by atoms with E-state index >= 15 is 0 Å². The second-order valence-electron chi connectivity index (χ2n) is 6.77. The standard InChI is InChI=1S/C21H25FN2O2/c1-15-3-4-16(13-20(15)22)5-10-21(25)23-17-6-8-18(9-7-17)24-12-11-19(14-24)26-2/h3-4,6-9,13,19H,5,10-12,14H2,1-2H3,(H,23,25)/t19-/m0/s1. The molecule has 1 N–H and O–H groups in total. The van der Waals surface area contributed by atoms with E-state index < -0.39 is 0 Å². The number of carbonyl (C=O) groups excluding carboxylic acids is 1. The number of nitrogens with zero attached hydrogens (tertiary/aromatic N) is 1. The molecule has 1 amide bonds. The largest absolute Gasteiger partial charge is 0.380 e. The molecule has 0 unspecified atom stereocenters. The van der Waals surface area contributed by atoms with E-state index in [0.717, 1.165) is 36.4 Å². The summed E-state index contributed by atoms with van der Waals surface area (Å²) in [5.74, 6) is -0.296. The lowest BCUT2D eigenvalue weighted by Crippen LogP contribution is -2.22. The maximum Gasteiger partial charge on any atom is 0.224 e. The molecule has 0 bridgehead atoms. The van der Waals surface area contributed by atoms with Gasteiger partial charge in [-0.3, -0.25) is 4.79 Å². The zero-order valence-electron chi connectivity index (χ0n) is 15.3. The topological polar surface area (TPSA) is 41.6 Å². The van der Waals surface area contributed by atoms with Gasteiger partial charge >= 0.3 is 0 Å². The average molecular weight is 356 g/mol. The highest BCUT2D eigenvalue weighted by Crippen LogP contribution is 2.23. The number of ether oxygens (including phenoxy) is 1. The van der Waals surface area contributed by atoms with Crippen LogP contribution in [-0.2, 0) is 16.0 Å². The summed E-state index contributed by atoms with van der Waals surface area (Å²) in [6.45, 7) is 3.61. The van der Waals surface area contributed by atoms with E-state index in [1.54, 1.807) is 20.1 Å². The molecule has 4 nitrogen and oxygen atoms in total. The molecule has 0 aromatic heterocycles. The molecule has 26 heavy (non-hydrogen) atoms. The van der Waals surface area contributed by atoms with Crippen molar-refractivity contribution in [3.05, 3.63) is 59.4 Å². The van der Waals surface area contributed by atoms with E-state index in [-0.39, 0.29) is 11.7 Å². The fourth-order valence-corrected chi connectivity index (χ4v) is 3.18. The van der Waals surface area contributed by atoms with Crippen molar-refractivity contribution in [3.63, 3.8) is 0 Å². The maximum atomic E-state index is 13.6. The third-order valence-corrected chi connectivity index (χ3v) is 4.87. The molecular formula is C21H25FN2O2. The van der Waals surface area contributed by atoms with Crippen molar-refractivity contribution in [2.45, 2.75) is 32.3 Å². The van der Waals surface area contributed by atoms with E-state index in [1.807, 2.05) is 30.3 Å². The van der Waals surface area contributed by atoms with E-state index in [1.165, 1.54) is 6.07 Å². The molecular weight excluding hydrogens is 331 g/mol. The predicted octanol–water partition coefficient (Wildman–Crippen LogP) is 3.93. The number of aryl methyl sites for hydroxylation is 2. The molecule has 138 valence electrons. The molecule has 0 aliphatic carbocycles. The summed E-state index contributed by atoms with van der Waals surface area (Å²) in [7, 11) is 1.75. The number of carbonyl (C=O) groups is 1. The minimum absolute atomic E-state index is 0.0700.